The number of amides is 1. The van der Waals surface area contributed by atoms with Crippen molar-refractivity contribution < 1.29 is 19.1 Å². The van der Waals surface area contributed by atoms with E-state index in [9.17, 15) is 14.4 Å². The van der Waals surface area contributed by atoms with E-state index < -0.39 is 23.2 Å². The minimum atomic E-state index is -1.59. The quantitative estimate of drug-likeness (QED) is 0.805. The Labute approximate surface area is 104 Å². The topological polar surface area (TPSA) is 72.5 Å². The van der Waals surface area contributed by atoms with E-state index in [2.05, 4.69) is 5.32 Å². The van der Waals surface area contributed by atoms with E-state index in [-0.39, 0.29) is 6.61 Å². The van der Waals surface area contributed by atoms with Gasteiger partial charge in [0.25, 0.3) is 0 Å². The first-order valence-electron chi connectivity index (χ1n) is 5.63. The van der Waals surface area contributed by atoms with Crippen molar-refractivity contribution in [1.82, 2.24) is 5.32 Å². The first-order valence-corrected chi connectivity index (χ1v) is 5.63. The van der Waals surface area contributed by atoms with Crippen molar-refractivity contribution in [2.45, 2.75) is 19.4 Å². The average Bonchev–Trinajstić information content (AvgIpc) is 2.48. The minimum absolute atomic E-state index is 0.175. The number of fused-ring (bicyclic) bond motifs is 4. The molecule has 1 amide bonds. The lowest BCUT2D eigenvalue weighted by atomic mass is 9.88. The molecule has 1 aromatic rings. The first kappa shape index (κ1) is 12.3. The molecule has 1 N–H and O–H groups in total. The molecular weight excluding hydrogens is 234 g/mol. The summed E-state index contributed by atoms with van der Waals surface area (Å²) in [4.78, 5) is 35.9. The van der Waals surface area contributed by atoms with Crippen LogP contribution >= 0.6 is 0 Å². The Morgan fingerprint density at radius 2 is 1.61 bits per heavy atom. The zero-order chi connectivity index (χ0) is 13.3. The van der Waals surface area contributed by atoms with Gasteiger partial charge in [0.1, 0.15) is 0 Å². The van der Waals surface area contributed by atoms with E-state index in [0.29, 0.717) is 11.1 Å². The standard InChI is InChI=1S/C13H13NO4/c1-3-18-12(17)14-13(2)10(15)8-4-5-9(7-6-8)11(13)16/h4-7H,3H2,1-2H3,(H,14,17). The molecule has 0 aromatic heterocycles. The molecule has 3 rings (SSSR count). The number of carbonyl (C=O) groups excluding carboxylic acids is 3. The number of rotatable bonds is 2. The van der Waals surface area contributed by atoms with Gasteiger partial charge in [-0.05, 0) is 13.8 Å². The Morgan fingerprint density at radius 3 is 2.00 bits per heavy atom. The Morgan fingerprint density at radius 1 is 1.17 bits per heavy atom. The fourth-order valence-corrected chi connectivity index (χ4v) is 1.94. The zero-order valence-electron chi connectivity index (χ0n) is 10.1. The van der Waals surface area contributed by atoms with Crippen LogP contribution in [0.3, 0.4) is 0 Å². The molecule has 5 nitrogen and oxygen atoms in total. The normalized spacial score (nSPS) is 16.3. The van der Waals surface area contributed by atoms with Crippen LogP contribution in [0.2, 0.25) is 0 Å². The molecule has 0 aliphatic heterocycles. The van der Waals surface area contributed by atoms with Crippen LogP contribution in [0, 0.1) is 0 Å². The van der Waals surface area contributed by atoms with Gasteiger partial charge in [-0.2, -0.15) is 0 Å². The van der Waals surface area contributed by atoms with Gasteiger partial charge >= 0.3 is 6.09 Å². The molecule has 0 spiro atoms. The summed E-state index contributed by atoms with van der Waals surface area (Å²) in [5, 5.41) is 2.35. The predicted molar refractivity (Wildman–Crippen MR) is 63.7 cm³/mol. The lowest BCUT2D eigenvalue weighted by Gasteiger charge is -2.25. The Kier molecular flexibility index (Phi) is 2.90. The molecule has 5 heteroatoms. The number of Topliss-reactive ketones (excluding diaryl/α,β-unsaturated/α-hetero) is 2. The zero-order valence-corrected chi connectivity index (χ0v) is 10.1. The monoisotopic (exact) mass is 247 g/mol. The second kappa shape index (κ2) is 4.25. The first-order chi connectivity index (χ1) is 8.49. The van der Waals surface area contributed by atoms with Crippen LogP contribution in [0.5, 0.6) is 0 Å². The van der Waals surface area contributed by atoms with Gasteiger partial charge in [-0.25, -0.2) is 4.79 Å². The molecule has 18 heavy (non-hydrogen) atoms. The number of ketones is 2. The van der Waals surface area contributed by atoms with Gasteiger partial charge in [-0.3, -0.25) is 9.59 Å². The molecule has 2 aliphatic rings. The summed E-state index contributed by atoms with van der Waals surface area (Å²) in [6.07, 6.45) is -0.774. The highest BCUT2D eigenvalue weighted by atomic mass is 16.5. The fourth-order valence-electron chi connectivity index (χ4n) is 1.94. The second-order valence-corrected chi connectivity index (χ2v) is 4.21. The smallest absolute Gasteiger partial charge is 0.408 e. The van der Waals surface area contributed by atoms with Crippen LogP contribution in [0.1, 0.15) is 34.6 Å². The number of carbonyl (C=O) groups is 3. The summed E-state index contributed by atoms with van der Waals surface area (Å²) in [7, 11) is 0. The summed E-state index contributed by atoms with van der Waals surface area (Å²) < 4.78 is 4.72. The van der Waals surface area contributed by atoms with Crippen molar-refractivity contribution in [3.8, 4) is 0 Å². The predicted octanol–water partition coefficient (Wildman–Crippen LogP) is 1.57. The highest BCUT2D eigenvalue weighted by molar-refractivity contribution is 6.26. The third-order valence-corrected chi connectivity index (χ3v) is 2.95. The fraction of sp³-hybridized carbons (Fsp3) is 0.308. The number of hydrogen-bond acceptors (Lipinski definition) is 4. The van der Waals surface area contributed by atoms with Crippen LogP contribution in [0.15, 0.2) is 24.3 Å². The summed E-state index contributed by atoms with van der Waals surface area (Å²) in [6, 6.07) is 6.31. The van der Waals surface area contributed by atoms with Crippen molar-refractivity contribution in [3.05, 3.63) is 35.4 Å². The van der Waals surface area contributed by atoms with Crippen molar-refractivity contribution in [2.75, 3.05) is 6.61 Å². The number of ether oxygens (including phenoxy) is 1. The molecule has 0 atom stereocenters. The third-order valence-electron chi connectivity index (χ3n) is 2.95. The van der Waals surface area contributed by atoms with Gasteiger partial charge in [0.2, 0.25) is 0 Å². The third kappa shape index (κ3) is 1.77. The van der Waals surface area contributed by atoms with Crippen LogP contribution in [0.4, 0.5) is 4.79 Å². The molecule has 0 radical (unpaired) electrons. The van der Waals surface area contributed by atoms with Gasteiger partial charge in [0.15, 0.2) is 17.1 Å². The highest BCUT2D eigenvalue weighted by Crippen LogP contribution is 2.24. The molecule has 94 valence electrons. The van der Waals surface area contributed by atoms with Gasteiger partial charge in [0, 0.05) is 11.1 Å². The maximum absolute atomic E-state index is 12.2. The number of benzene rings is 1. The lowest BCUT2D eigenvalue weighted by molar-refractivity contribution is 0.0723. The summed E-state index contributed by atoms with van der Waals surface area (Å²) in [5.41, 5.74) is -0.808. The molecule has 0 heterocycles. The van der Waals surface area contributed by atoms with E-state index in [1.165, 1.54) is 6.92 Å². The molecule has 0 fully saturated rings. The van der Waals surface area contributed by atoms with E-state index >= 15 is 0 Å². The van der Waals surface area contributed by atoms with Gasteiger partial charge in [-0.15, -0.1) is 0 Å². The Balaban J connectivity index is 2.38. The number of alkyl carbamates (subject to hydrolysis) is 1. The molecule has 0 saturated carbocycles. The lowest BCUT2D eigenvalue weighted by Crippen LogP contribution is -2.57. The number of nitrogens with one attached hydrogen (secondary N) is 1. The SMILES string of the molecule is CCOC(=O)NC1(C)C(=O)c2ccc(cc2)C1=O. The summed E-state index contributed by atoms with van der Waals surface area (Å²) >= 11 is 0. The Bertz CT molecular complexity index is 483. The second-order valence-electron chi connectivity index (χ2n) is 4.21. The maximum Gasteiger partial charge on any atom is 0.408 e. The van der Waals surface area contributed by atoms with Crippen molar-refractivity contribution >= 4 is 17.7 Å². The average molecular weight is 247 g/mol. The van der Waals surface area contributed by atoms with E-state index in [1.807, 2.05) is 0 Å². The summed E-state index contributed by atoms with van der Waals surface area (Å²) in [5.74, 6) is -0.860. The van der Waals surface area contributed by atoms with Crippen molar-refractivity contribution in [3.63, 3.8) is 0 Å². The maximum atomic E-state index is 12.2. The molecule has 2 bridgehead atoms. The van der Waals surface area contributed by atoms with Crippen LogP contribution in [-0.2, 0) is 4.74 Å². The van der Waals surface area contributed by atoms with Crippen LogP contribution < -0.4 is 5.32 Å². The minimum Gasteiger partial charge on any atom is -0.450 e. The summed E-state index contributed by atoms with van der Waals surface area (Å²) in [6.45, 7) is 3.22. The largest absolute Gasteiger partial charge is 0.450 e. The van der Waals surface area contributed by atoms with E-state index in [4.69, 9.17) is 4.74 Å². The van der Waals surface area contributed by atoms with E-state index in [0.717, 1.165) is 0 Å². The number of hydrogen-bond donors (Lipinski definition) is 1. The van der Waals surface area contributed by atoms with E-state index in [1.54, 1.807) is 31.2 Å². The molecule has 2 aliphatic carbocycles. The highest BCUT2D eigenvalue weighted by Gasteiger charge is 2.45. The Hall–Kier alpha value is -2.17. The molecule has 0 saturated heterocycles. The van der Waals surface area contributed by atoms with Gasteiger partial charge in [-0.1, -0.05) is 24.3 Å². The molecule has 0 unspecified atom stereocenters. The van der Waals surface area contributed by atoms with Crippen molar-refractivity contribution in [1.29, 1.82) is 0 Å². The molecular formula is C13H13NO4. The van der Waals surface area contributed by atoms with Crippen LogP contribution in [0.25, 0.3) is 0 Å². The van der Waals surface area contributed by atoms with Crippen molar-refractivity contribution in [2.24, 2.45) is 0 Å². The molecule has 1 aromatic carbocycles. The van der Waals surface area contributed by atoms with Crippen LogP contribution in [-0.4, -0.2) is 29.8 Å². The van der Waals surface area contributed by atoms with Gasteiger partial charge in [0.05, 0.1) is 6.61 Å². The van der Waals surface area contributed by atoms with Gasteiger partial charge < -0.3 is 10.1 Å².